The minimum absolute atomic E-state index is 0.276. The van der Waals surface area contributed by atoms with Gasteiger partial charge >= 0.3 is 6.18 Å². The molecule has 0 fully saturated rings. The molecule has 2 aromatic heterocycles. The molecule has 0 amide bonds. The molecule has 0 saturated heterocycles. The van der Waals surface area contributed by atoms with Gasteiger partial charge in [-0.05, 0) is 36.8 Å². The Morgan fingerprint density at radius 2 is 1.82 bits per heavy atom. The molecule has 0 aliphatic carbocycles. The number of alkyl halides is 3. The number of halogens is 3. The molecule has 0 aliphatic heterocycles. The number of aryl methyl sites for hydroxylation is 1. The van der Waals surface area contributed by atoms with Crippen LogP contribution in [0.1, 0.15) is 17.0 Å². The lowest BCUT2D eigenvalue weighted by atomic mass is 10.2. The summed E-state index contributed by atoms with van der Waals surface area (Å²) in [6.07, 6.45) is -1.21. The summed E-state index contributed by atoms with van der Waals surface area (Å²) in [6.45, 7) is 2.10. The van der Waals surface area contributed by atoms with Gasteiger partial charge in [-0.25, -0.2) is 4.98 Å². The van der Waals surface area contributed by atoms with Gasteiger partial charge in [0.05, 0.1) is 28.5 Å². The van der Waals surface area contributed by atoms with Gasteiger partial charge in [-0.3, -0.25) is 9.55 Å². The van der Waals surface area contributed by atoms with Gasteiger partial charge in [0.25, 0.3) is 0 Å². The first kappa shape index (κ1) is 18.0. The standard InChI is InChI=1S/C21H16F3N3O/c1-14-26-17-11-16(21(22,23)24)7-8-18(17)27(14)19-9-10-25-12-20(19)28-13-15-5-3-2-4-6-15/h2-12H,13H2,1H3. The van der Waals surface area contributed by atoms with Crippen LogP contribution in [0.25, 0.3) is 16.7 Å². The van der Waals surface area contributed by atoms with E-state index in [0.29, 0.717) is 29.4 Å². The lowest BCUT2D eigenvalue weighted by Gasteiger charge is -2.14. The minimum Gasteiger partial charge on any atom is -0.485 e. The molecule has 0 saturated carbocycles. The van der Waals surface area contributed by atoms with Crippen molar-refractivity contribution in [3.8, 4) is 11.4 Å². The Labute approximate surface area is 159 Å². The lowest BCUT2D eigenvalue weighted by molar-refractivity contribution is -0.137. The molecule has 0 radical (unpaired) electrons. The van der Waals surface area contributed by atoms with Gasteiger partial charge in [-0.15, -0.1) is 0 Å². The highest BCUT2D eigenvalue weighted by Gasteiger charge is 2.31. The molecular formula is C21H16F3N3O. The van der Waals surface area contributed by atoms with Crippen molar-refractivity contribution in [2.45, 2.75) is 19.7 Å². The molecule has 7 heteroatoms. The Balaban J connectivity index is 1.75. The molecule has 0 unspecified atom stereocenters. The van der Waals surface area contributed by atoms with Crippen molar-refractivity contribution in [3.63, 3.8) is 0 Å². The summed E-state index contributed by atoms with van der Waals surface area (Å²) in [4.78, 5) is 8.43. The first-order valence-electron chi connectivity index (χ1n) is 8.61. The average molecular weight is 383 g/mol. The van der Waals surface area contributed by atoms with Crippen LogP contribution in [0, 0.1) is 6.92 Å². The number of pyridine rings is 1. The van der Waals surface area contributed by atoms with E-state index in [1.165, 1.54) is 6.07 Å². The van der Waals surface area contributed by atoms with Crippen LogP contribution in [0.5, 0.6) is 5.75 Å². The minimum atomic E-state index is -4.41. The zero-order chi connectivity index (χ0) is 19.7. The normalized spacial score (nSPS) is 11.7. The maximum atomic E-state index is 13.0. The van der Waals surface area contributed by atoms with E-state index in [9.17, 15) is 13.2 Å². The molecule has 0 aliphatic rings. The van der Waals surface area contributed by atoms with Crippen molar-refractivity contribution in [1.82, 2.24) is 14.5 Å². The fourth-order valence-corrected chi connectivity index (χ4v) is 3.09. The summed E-state index contributed by atoms with van der Waals surface area (Å²) in [6, 6.07) is 15.0. The van der Waals surface area contributed by atoms with E-state index in [-0.39, 0.29) is 5.52 Å². The number of nitrogens with zero attached hydrogens (tertiary/aromatic N) is 3. The predicted octanol–water partition coefficient (Wildman–Crippen LogP) is 5.33. The highest BCUT2D eigenvalue weighted by Crippen LogP contribution is 2.33. The van der Waals surface area contributed by atoms with Crippen LogP contribution in [0.4, 0.5) is 13.2 Å². The van der Waals surface area contributed by atoms with Crippen LogP contribution in [-0.2, 0) is 12.8 Å². The second-order valence-electron chi connectivity index (χ2n) is 6.31. The van der Waals surface area contributed by atoms with Crippen molar-refractivity contribution >= 4 is 11.0 Å². The van der Waals surface area contributed by atoms with Gasteiger partial charge in [-0.2, -0.15) is 13.2 Å². The third kappa shape index (κ3) is 3.43. The molecule has 0 spiro atoms. The predicted molar refractivity (Wildman–Crippen MR) is 99.4 cm³/mol. The maximum absolute atomic E-state index is 13.0. The largest absolute Gasteiger partial charge is 0.485 e. The third-order valence-corrected chi connectivity index (χ3v) is 4.39. The molecule has 0 bridgehead atoms. The topological polar surface area (TPSA) is 39.9 Å². The molecule has 142 valence electrons. The number of fused-ring (bicyclic) bond motifs is 1. The van der Waals surface area contributed by atoms with E-state index in [1.54, 1.807) is 30.0 Å². The highest BCUT2D eigenvalue weighted by atomic mass is 19.4. The molecule has 2 aromatic carbocycles. The Kier molecular flexibility index (Phi) is 4.50. The van der Waals surface area contributed by atoms with Gasteiger partial charge in [0, 0.05) is 6.20 Å². The molecule has 28 heavy (non-hydrogen) atoms. The zero-order valence-electron chi connectivity index (χ0n) is 14.9. The van der Waals surface area contributed by atoms with Crippen LogP contribution < -0.4 is 4.74 Å². The van der Waals surface area contributed by atoms with Gasteiger partial charge in [-0.1, -0.05) is 30.3 Å². The van der Waals surface area contributed by atoms with Gasteiger partial charge in [0.2, 0.25) is 0 Å². The van der Waals surface area contributed by atoms with E-state index in [4.69, 9.17) is 4.74 Å². The summed E-state index contributed by atoms with van der Waals surface area (Å²) in [5.74, 6) is 1.08. The van der Waals surface area contributed by atoms with E-state index >= 15 is 0 Å². The number of hydrogen-bond acceptors (Lipinski definition) is 3. The van der Waals surface area contributed by atoms with Crippen LogP contribution in [0.15, 0.2) is 67.0 Å². The third-order valence-electron chi connectivity index (χ3n) is 4.39. The molecule has 4 rings (SSSR count). The number of rotatable bonds is 4. The number of hydrogen-bond donors (Lipinski definition) is 0. The Morgan fingerprint density at radius 3 is 2.57 bits per heavy atom. The maximum Gasteiger partial charge on any atom is 0.416 e. The number of aromatic nitrogens is 3. The van der Waals surface area contributed by atoms with Crippen LogP contribution >= 0.6 is 0 Å². The number of ether oxygens (including phenoxy) is 1. The summed E-state index contributed by atoms with van der Waals surface area (Å²) < 4.78 is 46.7. The first-order valence-corrected chi connectivity index (χ1v) is 8.61. The van der Waals surface area contributed by atoms with Crippen LogP contribution in [0.3, 0.4) is 0 Å². The van der Waals surface area contributed by atoms with Crippen molar-refractivity contribution in [2.75, 3.05) is 0 Å². The van der Waals surface area contributed by atoms with Crippen molar-refractivity contribution < 1.29 is 17.9 Å². The fourth-order valence-electron chi connectivity index (χ4n) is 3.09. The van der Waals surface area contributed by atoms with E-state index in [2.05, 4.69) is 9.97 Å². The lowest BCUT2D eigenvalue weighted by Crippen LogP contribution is -2.05. The summed E-state index contributed by atoms with van der Waals surface area (Å²) in [5, 5.41) is 0. The monoisotopic (exact) mass is 383 g/mol. The quantitative estimate of drug-likeness (QED) is 0.478. The number of imidazole rings is 1. The molecular weight excluding hydrogens is 367 g/mol. The van der Waals surface area contributed by atoms with Crippen LogP contribution in [0.2, 0.25) is 0 Å². The Hall–Kier alpha value is -3.35. The van der Waals surface area contributed by atoms with E-state index < -0.39 is 11.7 Å². The summed E-state index contributed by atoms with van der Waals surface area (Å²) >= 11 is 0. The van der Waals surface area contributed by atoms with Crippen LogP contribution in [-0.4, -0.2) is 14.5 Å². The smallest absolute Gasteiger partial charge is 0.416 e. The second-order valence-corrected chi connectivity index (χ2v) is 6.31. The SMILES string of the molecule is Cc1nc2cc(C(F)(F)F)ccc2n1-c1ccncc1OCc1ccccc1. The second kappa shape index (κ2) is 6.99. The average Bonchev–Trinajstić information content (AvgIpc) is 3.01. The Bertz CT molecular complexity index is 1120. The summed E-state index contributed by atoms with van der Waals surface area (Å²) in [7, 11) is 0. The van der Waals surface area contributed by atoms with Gasteiger partial charge < -0.3 is 4.74 Å². The molecule has 4 aromatic rings. The Morgan fingerprint density at radius 1 is 1.04 bits per heavy atom. The van der Waals surface area contributed by atoms with Crippen molar-refractivity contribution in [3.05, 3.63) is 83.9 Å². The summed E-state index contributed by atoms with van der Waals surface area (Å²) in [5.41, 5.74) is 1.80. The van der Waals surface area contributed by atoms with Crippen molar-refractivity contribution in [2.24, 2.45) is 0 Å². The fraction of sp³-hybridized carbons (Fsp3) is 0.143. The molecule has 0 atom stereocenters. The van der Waals surface area contributed by atoms with Gasteiger partial charge in [0.1, 0.15) is 12.4 Å². The highest BCUT2D eigenvalue weighted by molar-refractivity contribution is 5.80. The van der Waals surface area contributed by atoms with Crippen molar-refractivity contribution in [1.29, 1.82) is 0 Å². The zero-order valence-corrected chi connectivity index (χ0v) is 14.9. The molecule has 0 N–H and O–H groups in total. The first-order chi connectivity index (χ1) is 13.4. The number of benzene rings is 2. The van der Waals surface area contributed by atoms with Gasteiger partial charge in [0.15, 0.2) is 5.75 Å². The van der Waals surface area contributed by atoms with E-state index in [0.717, 1.165) is 17.7 Å². The molecule has 4 nitrogen and oxygen atoms in total. The van der Waals surface area contributed by atoms with E-state index in [1.807, 2.05) is 30.3 Å². The molecule has 2 heterocycles.